The molecule has 1 amide bonds. The van der Waals surface area contributed by atoms with Crippen molar-refractivity contribution in [3.05, 3.63) is 9.47 Å². The molecule has 76 valence electrons. The first kappa shape index (κ1) is 10.9. The fourth-order valence-electron chi connectivity index (χ4n) is 0.656. The Bertz CT molecular complexity index is 354. The maximum Gasteiger partial charge on any atom is 0.305 e. The average Bonchev–Trinajstić information content (AvgIpc) is 2.51. The second-order valence-corrected chi connectivity index (χ2v) is 3.82. The Morgan fingerprint density at radius 1 is 1.50 bits per heavy atom. The molecule has 0 spiro atoms. The van der Waals surface area contributed by atoms with E-state index in [4.69, 9.17) is 16.7 Å². The Morgan fingerprint density at radius 2 is 2.21 bits per heavy atom. The minimum absolute atomic E-state index is 0.0609. The number of halogens is 1. The highest BCUT2D eigenvalue weighted by molar-refractivity contribution is 7.17. The van der Waals surface area contributed by atoms with Gasteiger partial charge in [-0.25, -0.2) is 0 Å². The molecule has 0 bridgehead atoms. The van der Waals surface area contributed by atoms with Crippen LogP contribution in [0.1, 0.15) is 16.2 Å². The Balaban J connectivity index is 2.39. The molecule has 1 aromatic heterocycles. The first-order chi connectivity index (χ1) is 6.59. The van der Waals surface area contributed by atoms with Crippen LogP contribution in [0.4, 0.5) is 0 Å². The van der Waals surface area contributed by atoms with Gasteiger partial charge in [-0.15, -0.1) is 10.2 Å². The van der Waals surface area contributed by atoms with Crippen LogP contribution >= 0.6 is 22.9 Å². The lowest BCUT2D eigenvalue weighted by atomic mass is 10.4. The Labute approximate surface area is 87.9 Å². The van der Waals surface area contributed by atoms with E-state index in [0.717, 1.165) is 11.3 Å². The van der Waals surface area contributed by atoms with Crippen molar-refractivity contribution in [3.8, 4) is 0 Å². The quantitative estimate of drug-likeness (QED) is 0.788. The van der Waals surface area contributed by atoms with Gasteiger partial charge in [-0.3, -0.25) is 9.59 Å². The molecule has 1 aromatic rings. The first-order valence-electron chi connectivity index (χ1n) is 3.58. The minimum atomic E-state index is -0.972. The first-order valence-corrected chi connectivity index (χ1v) is 4.78. The molecular formula is C6H6ClN3O3S. The standard InChI is InChI=1S/C6H6ClN3O3S/c7-6-10-9-5(14-6)4(13)8-2-1-3(11)12/h1-2H2,(H,8,13)(H,11,12). The van der Waals surface area contributed by atoms with Crippen molar-refractivity contribution in [3.63, 3.8) is 0 Å². The van der Waals surface area contributed by atoms with Crippen molar-refractivity contribution >= 4 is 34.8 Å². The normalized spacial score (nSPS) is 9.79. The molecule has 0 saturated heterocycles. The summed E-state index contributed by atoms with van der Waals surface area (Å²) in [6.45, 7) is 0.0609. The van der Waals surface area contributed by atoms with Gasteiger partial charge in [-0.2, -0.15) is 0 Å². The van der Waals surface area contributed by atoms with Gasteiger partial charge in [0.05, 0.1) is 6.42 Å². The van der Waals surface area contributed by atoms with Crippen LogP contribution in [-0.4, -0.2) is 33.7 Å². The molecule has 0 aliphatic heterocycles. The summed E-state index contributed by atoms with van der Waals surface area (Å²) >= 11 is 6.40. The highest BCUT2D eigenvalue weighted by atomic mass is 35.5. The third-order valence-corrected chi connectivity index (χ3v) is 2.24. The van der Waals surface area contributed by atoms with E-state index >= 15 is 0 Å². The second-order valence-electron chi connectivity index (χ2n) is 2.26. The second kappa shape index (κ2) is 4.87. The average molecular weight is 236 g/mol. The monoisotopic (exact) mass is 235 g/mol. The molecule has 0 unspecified atom stereocenters. The summed E-state index contributed by atoms with van der Waals surface area (Å²) in [5.74, 6) is -1.43. The summed E-state index contributed by atoms with van der Waals surface area (Å²) in [5, 5.41) is 17.7. The van der Waals surface area contributed by atoms with Crippen LogP contribution in [0.5, 0.6) is 0 Å². The number of nitrogens with zero attached hydrogens (tertiary/aromatic N) is 2. The number of amides is 1. The molecule has 0 aliphatic carbocycles. The highest BCUT2D eigenvalue weighted by Crippen LogP contribution is 2.14. The van der Waals surface area contributed by atoms with Crippen molar-refractivity contribution in [2.75, 3.05) is 6.54 Å². The topological polar surface area (TPSA) is 92.2 Å². The Kier molecular flexibility index (Phi) is 3.78. The van der Waals surface area contributed by atoms with Gasteiger partial charge in [0.1, 0.15) is 0 Å². The summed E-state index contributed by atoms with van der Waals surface area (Å²) < 4.78 is 0.174. The van der Waals surface area contributed by atoms with Crippen molar-refractivity contribution in [2.45, 2.75) is 6.42 Å². The third-order valence-electron chi connectivity index (χ3n) is 1.22. The van der Waals surface area contributed by atoms with Crippen LogP contribution in [0.3, 0.4) is 0 Å². The van der Waals surface area contributed by atoms with Crippen molar-refractivity contribution < 1.29 is 14.7 Å². The number of aromatic nitrogens is 2. The lowest BCUT2D eigenvalue weighted by Crippen LogP contribution is -2.25. The molecule has 14 heavy (non-hydrogen) atoms. The molecular weight excluding hydrogens is 230 g/mol. The number of carboxylic acids is 1. The highest BCUT2D eigenvalue weighted by Gasteiger charge is 2.11. The van der Waals surface area contributed by atoms with E-state index in [0.29, 0.717) is 0 Å². The third kappa shape index (κ3) is 3.27. The molecule has 0 aromatic carbocycles. The van der Waals surface area contributed by atoms with Gasteiger partial charge in [0.2, 0.25) is 9.47 Å². The lowest BCUT2D eigenvalue weighted by Gasteiger charge is -1.98. The molecule has 1 rings (SSSR count). The van der Waals surface area contributed by atoms with E-state index in [9.17, 15) is 9.59 Å². The van der Waals surface area contributed by atoms with E-state index in [1.165, 1.54) is 0 Å². The smallest absolute Gasteiger partial charge is 0.305 e. The van der Waals surface area contributed by atoms with Crippen LogP contribution in [0.15, 0.2) is 0 Å². The van der Waals surface area contributed by atoms with Gasteiger partial charge >= 0.3 is 5.97 Å². The SMILES string of the molecule is O=C(O)CCNC(=O)c1nnc(Cl)s1. The van der Waals surface area contributed by atoms with E-state index in [1.54, 1.807) is 0 Å². The molecule has 8 heteroatoms. The minimum Gasteiger partial charge on any atom is -0.481 e. The van der Waals surface area contributed by atoms with Crippen LogP contribution in [-0.2, 0) is 4.79 Å². The van der Waals surface area contributed by atoms with E-state index in [-0.39, 0.29) is 22.4 Å². The van der Waals surface area contributed by atoms with E-state index < -0.39 is 11.9 Å². The van der Waals surface area contributed by atoms with Gasteiger partial charge in [-0.05, 0) is 11.6 Å². The van der Waals surface area contributed by atoms with E-state index in [2.05, 4.69) is 15.5 Å². The molecule has 1 heterocycles. The summed E-state index contributed by atoms with van der Waals surface area (Å²) in [6.07, 6.45) is -0.127. The number of hydrogen-bond acceptors (Lipinski definition) is 5. The number of aliphatic carboxylic acids is 1. The van der Waals surface area contributed by atoms with Crippen LogP contribution in [0.2, 0.25) is 4.47 Å². The van der Waals surface area contributed by atoms with Gasteiger partial charge in [0.25, 0.3) is 5.91 Å². The molecule has 0 fully saturated rings. The molecule has 0 radical (unpaired) electrons. The van der Waals surface area contributed by atoms with Crippen LogP contribution in [0, 0.1) is 0 Å². The molecule has 0 aliphatic rings. The summed E-state index contributed by atoms with van der Waals surface area (Å²) in [6, 6.07) is 0. The maximum atomic E-state index is 11.2. The van der Waals surface area contributed by atoms with Crippen LogP contribution < -0.4 is 5.32 Å². The predicted octanol–water partition coefficient (Wildman–Crippen LogP) is 0.396. The molecule has 2 N–H and O–H groups in total. The van der Waals surface area contributed by atoms with Crippen molar-refractivity contribution in [2.24, 2.45) is 0 Å². The van der Waals surface area contributed by atoms with E-state index in [1.807, 2.05) is 0 Å². The van der Waals surface area contributed by atoms with Crippen molar-refractivity contribution in [1.29, 1.82) is 0 Å². The fraction of sp³-hybridized carbons (Fsp3) is 0.333. The Hall–Kier alpha value is -1.21. The summed E-state index contributed by atoms with van der Waals surface area (Å²) in [7, 11) is 0. The summed E-state index contributed by atoms with van der Waals surface area (Å²) in [4.78, 5) is 21.3. The number of hydrogen-bond donors (Lipinski definition) is 2. The Morgan fingerprint density at radius 3 is 2.71 bits per heavy atom. The van der Waals surface area contributed by atoms with Gasteiger partial charge < -0.3 is 10.4 Å². The fourth-order valence-corrected chi connectivity index (χ4v) is 1.40. The molecule has 0 atom stereocenters. The van der Waals surface area contributed by atoms with Gasteiger partial charge in [0.15, 0.2) is 0 Å². The largest absolute Gasteiger partial charge is 0.481 e. The maximum absolute atomic E-state index is 11.2. The molecule has 0 saturated carbocycles. The number of carboxylic acid groups (broad SMARTS) is 1. The van der Waals surface area contributed by atoms with Gasteiger partial charge in [0, 0.05) is 6.54 Å². The van der Waals surface area contributed by atoms with Crippen molar-refractivity contribution in [1.82, 2.24) is 15.5 Å². The number of carbonyl (C=O) groups is 2. The van der Waals surface area contributed by atoms with Crippen LogP contribution in [0.25, 0.3) is 0 Å². The lowest BCUT2D eigenvalue weighted by molar-refractivity contribution is -0.136. The zero-order valence-electron chi connectivity index (χ0n) is 6.86. The number of nitrogens with one attached hydrogen (secondary N) is 1. The zero-order valence-corrected chi connectivity index (χ0v) is 8.43. The number of carbonyl (C=O) groups excluding carboxylic acids is 1. The van der Waals surface area contributed by atoms with Gasteiger partial charge in [-0.1, -0.05) is 11.3 Å². The summed E-state index contributed by atoms with van der Waals surface area (Å²) in [5.41, 5.74) is 0. The number of rotatable bonds is 4. The molecule has 6 nitrogen and oxygen atoms in total. The predicted molar refractivity (Wildman–Crippen MR) is 49.5 cm³/mol. The zero-order chi connectivity index (χ0) is 10.6.